The van der Waals surface area contributed by atoms with Crippen LogP contribution >= 0.6 is 0 Å². The van der Waals surface area contributed by atoms with E-state index in [0.717, 1.165) is 12.1 Å². The first-order chi connectivity index (χ1) is 16.4. The summed E-state index contributed by atoms with van der Waals surface area (Å²) in [5, 5.41) is 8.08. The fourth-order valence-electron chi connectivity index (χ4n) is 4.12. The summed E-state index contributed by atoms with van der Waals surface area (Å²) in [5.74, 6) is -0.533. The first kappa shape index (κ1) is 21.6. The van der Waals surface area contributed by atoms with Crippen molar-refractivity contribution in [2.75, 3.05) is 17.2 Å². The Morgan fingerprint density at radius 2 is 1.74 bits per heavy atom. The van der Waals surface area contributed by atoms with E-state index in [-0.39, 0.29) is 41.7 Å². The summed E-state index contributed by atoms with van der Waals surface area (Å²) in [6.45, 7) is 1.64. The lowest BCUT2D eigenvalue weighted by Crippen LogP contribution is -2.32. The Kier molecular flexibility index (Phi) is 5.48. The molecule has 0 unspecified atom stereocenters. The summed E-state index contributed by atoms with van der Waals surface area (Å²) in [6, 6.07) is 11.3. The summed E-state index contributed by atoms with van der Waals surface area (Å²) in [4.78, 5) is 27.7. The van der Waals surface area contributed by atoms with E-state index in [2.05, 4.69) is 20.9 Å². The van der Waals surface area contributed by atoms with Gasteiger partial charge in [0.25, 0.3) is 0 Å². The normalized spacial score (nSPS) is 19.7. The number of aromatic nitrogens is 1. The van der Waals surface area contributed by atoms with Gasteiger partial charge in [0.15, 0.2) is 11.6 Å². The summed E-state index contributed by atoms with van der Waals surface area (Å²) < 4.78 is 39.2. The lowest BCUT2D eigenvalue weighted by atomic mass is 10.0. The van der Waals surface area contributed by atoms with Gasteiger partial charge in [0.05, 0.1) is 12.8 Å². The average molecular weight is 466 g/mol. The van der Waals surface area contributed by atoms with Crippen LogP contribution in [0.3, 0.4) is 0 Å². The molecule has 0 bridgehead atoms. The van der Waals surface area contributed by atoms with Crippen LogP contribution in [0.4, 0.5) is 25.1 Å². The quantitative estimate of drug-likeness (QED) is 0.517. The second kappa shape index (κ2) is 8.62. The molecule has 1 aromatic heterocycles. The van der Waals surface area contributed by atoms with E-state index in [1.54, 1.807) is 36.4 Å². The summed E-state index contributed by atoms with van der Waals surface area (Å²) >= 11 is 0. The van der Waals surface area contributed by atoms with Crippen LogP contribution in [0.5, 0.6) is 17.2 Å². The number of halogens is 2. The molecule has 3 atom stereocenters. The van der Waals surface area contributed by atoms with Crippen molar-refractivity contribution in [3.8, 4) is 17.2 Å². The number of anilines is 2. The van der Waals surface area contributed by atoms with Gasteiger partial charge in [-0.1, -0.05) is 0 Å². The van der Waals surface area contributed by atoms with Crippen LogP contribution in [0.1, 0.15) is 18.4 Å². The van der Waals surface area contributed by atoms with Crippen molar-refractivity contribution < 1.29 is 27.8 Å². The van der Waals surface area contributed by atoms with E-state index >= 15 is 0 Å². The molecule has 3 N–H and O–H groups in total. The molecule has 1 fully saturated rings. The Morgan fingerprint density at radius 1 is 1.00 bits per heavy atom. The van der Waals surface area contributed by atoms with Gasteiger partial charge in [-0.3, -0.25) is 10.1 Å². The van der Waals surface area contributed by atoms with Crippen molar-refractivity contribution in [2.45, 2.75) is 18.9 Å². The molecule has 0 saturated heterocycles. The smallest absolute Gasteiger partial charge is 0.320 e. The predicted octanol–water partition coefficient (Wildman–Crippen LogP) is 4.41. The molecule has 0 spiro atoms. The minimum atomic E-state index is -0.611. The number of amides is 3. The van der Waals surface area contributed by atoms with Crippen LogP contribution in [0.25, 0.3) is 0 Å². The van der Waals surface area contributed by atoms with Gasteiger partial charge in [0.2, 0.25) is 5.91 Å². The number of pyridine rings is 1. The fraction of sp³-hybridized carbons (Fsp3) is 0.208. The monoisotopic (exact) mass is 466 g/mol. The topological polar surface area (TPSA) is 102 Å². The number of hydrogen-bond donors (Lipinski definition) is 3. The third-order valence-corrected chi connectivity index (χ3v) is 5.70. The molecular formula is C24H20F2N4O4. The second-order valence-corrected chi connectivity index (χ2v) is 8.08. The highest BCUT2D eigenvalue weighted by Crippen LogP contribution is 2.55. The molecule has 34 heavy (non-hydrogen) atoms. The molecule has 3 amide bonds. The Balaban J connectivity index is 1.16. The largest absolute Gasteiger partial charge is 0.490 e. The summed E-state index contributed by atoms with van der Waals surface area (Å²) in [6.07, 6.45) is 1.45. The van der Waals surface area contributed by atoms with Crippen molar-refractivity contribution in [1.82, 2.24) is 10.3 Å². The molecule has 8 nitrogen and oxygen atoms in total. The molecule has 0 radical (unpaired) electrons. The molecule has 1 aliphatic carbocycles. The number of nitrogens with zero attached hydrogens (tertiary/aromatic N) is 1. The van der Waals surface area contributed by atoms with Gasteiger partial charge in [-0.05, 0) is 48.5 Å². The highest BCUT2D eigenvalue weighted by molar-refractivity contribution is 5.89. The maximum atomic E-state index is 14.2. The number of nitrogens with one attached hydrogen (secondary N) is 3. The number of fused-ring (bicyclic) bond motifs is 3. The van der Waals surface area contributed by atoms with Crippen molar-refractivity contribution in [1.29, 1.82) is 0 Å². The maximum absolute atomic E-state index is 14.2. The SMILES string of the molecule is CC(=O)Nc1ccc(Oc2ccc(NC(=O)N[C@@H]3[C@@H]4COc5c(F)ccc(F)c5[C@@H]43)nc2)cc1. The standard InChI is InChI=1S/C24H20F2N4O4/c1-12(31)28-13-2-4-14(5-3-13)34-15-6-9-19(27-10-15)29-24(32)30-22-16-11-33-23-18(26)8-7-17(25)21(23)20(16)22/h2-10,16,20,22H,11H2,1H3,(H,28,31)(H2,27,29,30,32)/t16-,20-,22-/m1/s1. The van der Waals surface area contributed by atoms with Crippen LogP contribution in [0.15, 0.2) is 54.7 Å². The van der Waals surface area contributed by atoms with E-state index in [1.165, 1.54) is 13.1 Å². The lowest BCUT2D eigenvalue weighted by molar-refractivity contribution is -0.114. The number of hydrogen-bond acceptors (Lipinski definition) is 5. The van der Waals surface area contributed by atoms with Crippen LogP contribution in [0.2, 0.25) is 0 Å². The molecule has 1 aliphatic heterocycles. The van der Waals surface area contributed by atoms with Gasteiger partial charge in [0.1, 0.15) is 23.1 Å². The Bertz CT molecular complexity index is 1250. The molecule has 3 aromatic rings. The molecule has 174 valence electrons. The van der Waals surface area contributed by atoms with E-state index in [4.69, 9.17) is 9.47 Å². The van der Waals surface area contributed by atoms with E-state index in [1.807, 2.05) is 0 Å². The first-order valence-electron chi connectivity index (χ1n) is 10.6. The molecular weight excluding hydrogens is 446 g/mol. The van der Waals surface area contributed by atoms with Gasteiger partial charge >= 0.3 is 6.03 Å². The fourth-order valence-corrected chi connectivity index (χ4v) is 4.12. The van der Waals surface area contributed by atoms with Crippen LogP contribution in [-0.2, 0) is 4.79 Å². The van der Waals surface area contributed by atoms with E-state index in [9.17, 15) is 18.4 Å². The highest BCUT2D eigenvalue weighted by atomic mass is 19.1. The third kappa shape index (κ3) is 4.34. The minimum absolute atomic E-state index is 0.0760. The van der Waals surface area contributed by atoms with E-state index in [0.29, 0.717) is 23.0 Å². The maximum Gasteiger partial charge on any atom is 0.320 e. The molecule has 5 rings (SSSR count). The predicted molar refractivity (Wildman–Crippen MR) is 119 cm³/mol. The number of benzene rings is 2. The summed E-state index contributed by atoms with van der Waals surface area (Å²) in [5.41, 5.74) is 0.827. The van der Waals surface area contributed by atoms with Crippen molar-refractivity contribution in [3.63, 3.8) is 0 Å². The van der Waals surface area contributed by atoms with Gasteiger partial charge in [-0.15, -0.1) is 0 Å². The van der Waals surface area contributed by atoms with Crippen LogP contribution in [-0.4, -0.2) is 29.6 Å². The minimum Gasteiger partial charge on any atom is -0.490 e. The first-order valence-corrected chi connectivity index (χ1v) is 10.6. The molecule has 2 aromatic carbocycles. The van der Waals surface area contributed by atoms with Gasteiger partial charge in [-0.2, -0.15) is 0 Å². The van der Waals surface area contributed by atoms with E-state index < -0.39 is 17.7 Å². The third-order valence-electron chi connectivity index (χ3n) is 5.70. The van der Waals surface area contributed by atoms with Gasteiger partial charge < -0.3 is 20.1 Å². The van der Waals surface area contributed by atoms with Crippen LogP contribution < -0.4 is 25.4 Å². The molecule has 1 saturated carbocycles. The summed E-state index contributed by atoms with van der Waals surface area (Å²) in [7, 11) is 0. The Morgan fingerprint density at radius 3 is 2.44 bits per heavy atom. The van der Waals surface area contributed by atoms with Crippen molar-refractivity contribution >= 4 is 23.4 Å². The molecule has 2 aliphatic rings. The zero-order valence-electron chi connectivity index (χ0n) is 18.0. The van der Waals surface area contributed by atoms with Crippen molar-refractivity contribution in [2.24, 2.45) is 5.92 Å². The van der Waals surface area contributed by atoms with Gasteiger partial charge in [-0.25, -0.2) is 18.6 Å². The average Bonchev–Trinajstić information content (AvgIpc) is 3.51. The number of ether oxygens (including phenoxy) is 2. The highest BCUT2D eigenvalue weighted by Gasteiger charge is 2.57. The van der Waals surface area contributed by atoms with Crippen LogP contribution in [0, 0.1) is 17.6 Å². The zero-order valence-corrected chi connectivity index (χ0v) is 18.0. The second-order valence-electron chi connectivity index (χ2n) is 8.08. The number of rotatable bonds is 5. The number of urea groups is 1. The number of carbonyl (C=O) groups excluding carboxylic acids is 2. The Hall–Kier alpha value is -4.21. The van der Waals surface area contributed by atoms with Crippen molar-refractivity contribution in [3.05, 3.63) is 71.9 Å². The Labute approximate surface area is 193 Å². The van der Waals surface area contributed by atoms with Gasteiger partial charge in [0, 0.05) is 36.1 Å². The molecule has 2 heterocycles. The zero-order chi connectivity index (χ0) is 23.8. The lowest BCUT2D eigenvalue weighted by Gasteiger charge is -2.16. The number of carbonyl (C=O) groups is 2. The molecule has 10 heteroatoms.